The number of carboxylic acid groups (broad SMARTS) is 1. The van der Waals surface area contributed by atoms with Crippen LogP contribution in [0.4, 0.5) is 0 Å². The van der Waals surface area contributed by atoms with Crippen LogP contribution >= 0.6 is 11.8 Å². The van der Waals surface area contributed by atoms with Crippen LogP contribution in [0.25, 0.3) is 0 Å². The van der Waals surface area contributed by atoms with Crippen LogP contribution in [0.15, 0.2) is 33.7 Å². The quantitative estimate of drug-likeness (QED) is 0.748. The predicted molar refractivity (Wildman–Crippen MR) is 95.9 cm³/mol. The standard InChI is InChI=1S/C18H21N3O4S/c1-11-19-16(25-21-11)10-26-15-5-3-2-4-14(15)17(22)20-13-8-6-12(7-9-13)18(23)24/h2-5,12-13H,6-10H2,1H3,(H,20,22)(H,23,24). The molecule has 1 heterocycles. The van der Waals surface area contributed by atoms with E-state index >= 15 is 0 Å². The van der Waals surface area contributed by atoms with Crippen molar-refractivity contribution in [1.29, 1.82) is 0 Å². The molecule has 1 aliphatic carbocycles. The van der Waals surface area contributed by atoms with Crippen molar-refractivity contribution in [2.24, 2.45) is 5.92 Å². The number of amides is 1. The smallest absolute Gasteiger partial charge is 0.306 e. The van der Waals surface area contributed by atoms with Crippen LogP contribution in [-0.4, -0.2) is 33.2 Å². The van der Waals surface area contributed by atoms with Gasteiger partial charge in [0.25, 0.3) is 5.91 Å². The Labute approximate surface area is 155 Å². The van der Waals surface area contributed by atoms with Crippen molar-refractivity contribution in [3.05, 3.63) is 41.5 Å². The molecule has 8 heteroatoms. The first kappa shape index (κ1) is 18.4. The van der Waals surface area contributed by atoms with Crippen molar-refractivity contribution in [1.82, 2.24) is 15.5 Å². The van der Waals surface area contributed by atoms with Crippen molar-refractivity contribution >= 4 is 23.6 Å². The zero-order valence-corrected chi connectivity index (χ0v) is 15.3. The van der Waals surface area contributed by atoms with Gasteiger partial charge < -0.3 is 14.9 Å². The van der Waals surface area contributed by atoms with Gasteiger partial charge in [-0.05, 0) is 44.7 Å². The Bertz CT molecular complexity index is 784. The Morgan fingerprint density at radius 3 is 2.65 bits per heavy atom. The Hall–Kier alpha value is -2.35. The third kappa shape index (κ3) is 4.63. The van der Waals surface area contributed by atoms with E-state index in [1.807, 2.05) is 18.2 Å². The summed E-state index contributed by atoms with van der Waals surface area (Å²) in [5, 5.41) is 15.9. The summed E-state index contributed by atoms with van der Waals surface area (Å²) in [5.74, 6) is 0.443. The molecule has 7 nitrogen and oxygen atoms in total. The molecule has 0 saturated heterocycles. The Morgan fingerprint density at radius 2 is 2.00 bits per heavy atom. The Morgan fingerprint density at radius 1 is 1.27 bits per heavy atom. The van der Waals surface area contributed by atoms with Gasteiger partial charge in [-0.25, -0.2) is 0 Å². The van der Waals surface area contributed by atoms with Gasteiger partial charge in [0.05, 0.1) is 17.2 Å². The molecule has 0 aliphatic heterocycles. The van der Waals surface area contributed by atoms with Gasteiger partial charge in [0.15, 0.2) is 5.82 Å². The van der Waals surface area contributed by atoms with Crippen molar-refractivity contribution in [3.8, 4) is 0 Å². The predicted octanol–water partition coefficient (Wildman–Crippen LogP) is 3.04. The van der Waals surface area contributed by atoms with Crippen LogP contribution in [0.2, 0.25) is 0 Å². The number of aromatic nitrogens is 2. The highest BCUT2D eigenvalue weighted by Crippen LogP contribution is 2.28. The van der Waals surface area contributed by atoms with Crippen LogP contribution < -0.4 is 5.32 Å². The van der Waals surface area contributed by atoms with Crippen molar-refractivity contribution in [3.63, 3.8) is 0 Å². The molecular weight excluding hydrogens is 354 g/mol. The Kier molecular flexibility index (Phi) is 5.92. The summed E-state index contributed by atoms with van der Waals surface area (Å²) < 4.78 is 5.11. The number of hydrogen-bond donors (Lipinski definition) is 2. The first-order chi connectivity index (χ1) is 12.5. The summed E-state index contributed by atoms with van der Waals surface area (Å²) in [7, 11) is 0. The number of aryl methyl sites for hydroxylation is 1. The summed E-state index contributed by atoms with van der Waals surface area (Å²) in [6.45, 7) is 1.76. The molecule has 1 fully saturated rings. The molecule has 0 spiro atoms. The summed E-state index contributed by atoms with van der Waals surface area (Å²) in [4.78, 5) is 28.7. The molecule has 3 rings (SSSR count). The molecule has 2 N–H and O–H groups in total. The molecule has 1 amide bonds. The SMILES string of the molecule is Cc1noc(CSc2ccccc2C(=O)NC2CCC(C(=O)O)CC2)n1. The second kappa shape index (κ2) is 8.35. The van der Waals surface area contributed by atoms with Crippen molar-refractivity contribution in [2.75, 3.05) is 0 Å². The minimum atomic E-state index is -0.743. The van der Waals surface area contributed by atoms with Crippen LogP contribution in [0.5, 0.6) is 0 Å². The number of carbonyl (C=O) groups excluding carboxylic acids is 1. The van der Waals surface area contributed by atoms with E-state index in [-0.39, 0.29) is 17.9 Å². The van der Waals surface area contributed by atoms with Gasteiger partial charge >= 0.3 is 5.97 Å². The third-order valence-corrected chi connectivity index (χ3v) is 5.52. The van der Waals surface area contributed by atoms with Crippen LogP contribution in [0.1, 0.15) is 47.8 Å². The fraction of sp³-hybridized carbons (Fsp3) is 0.444. The molecule has 1 saturated carbocycles. The van der Waals surface area contributed by atoms with Gasteiger partial charge in [-0.15, -0.1) is 11.8 Å². The minimum Gasteiger partial charge on any atom is -0.481 e. The summed E-state index contributed by atoms with van der Waals surface area (Å²) in [6.07, 6.45) is 2.60. The lowest BCUT2D eigenvalue weighted by Gasteiger charge is -2.27. The lowest BCUT2D eigenvalue weighted by atomic mass is 9.86. The molecule has 2 aromatic rings. The monoisotopic (exact) mass is 375 g/mol. The van der Waals surface area contributed by atoms with Crippen molar-refractivity contribution < 1.29 is 19.2 Å². The third-order valence-electron chi connectivity index (χ3n) is 4.46. The van der Waals surface area contributed by atoms with Gasteiger partial charge in [-0.1, -0.05) is 17.3 Å². The van der Waals surface area contributed by atoms with Crippen LogP contribution in [0, 0.1) is 12.8 Å². The number of carbonyl (C=O) groups is 2. The van der Waals surface area contributed by atoms with E-state index in [2.05, 4.69) is 15.5 Å². The summed E-state index contributed by atoms with van der Waals surface area (Å²) >= 11 is 1.47. The normalized spacial score (nSPS) is 19.9. The topological polar surface area (TPSA) is 105 Å². The van der Waals surface area contributed by atoms with E-state index in [1.54, 1.807) is 13.0 Å². The molecule has 1 aliphatic rings. The first-order valence-electron chi connectivity index (χ1n) is 8.57. The van der Waals surface area contributed by atoms with Gasteiger partial charge in [0.2, 0.25) is 5.89 Å². The average Bonchev–Trinajstić information content (AvgIpc) is 3.06. The molecular formula is C18H21N3O4S. The van der Waals surface area contributed by atoms with Gasteiger partial charge in [0.1, 0.15) is 0 Å². The summed E-state index contributed by atoms with van der Waals surface area (Å²) in [5.41, 5.74) is 0.606. The highest BCUT2D eigenvalue weighted by molar-refractivity contribution is 7.98. The second-order valence-electron chi connectivity index (χ2n) is 6.38. The number of nitrogens with one attached hydrogen (secondary N) is 1. The molecule has 138 valence electrons. The largest absolute Gasteiger partial charge is 0.481 e. The van der Waals surface area contributed by atoms with E-state index in [9.17, 15) is 9.59 Å². The number of rotatable bonds is 6. The molecule has 1 aromatic carbocycles. The first-order valence-corrected chi connectivity index (χ1v) is 9.56. The number of thioether (sulfide) groups is 1. The fourth-order valence-electron chi connectivity index (χ4n) is 3.07. The number of nitrogens with zero attached hydrogens (tertiary/aromatic N) is 2. The minimum absolute atomic E-state index is 0.0229. The van der Waals surface area contributed by atoms with E-state index < -0.39 is 5.97 Å². The zero-order chi connectivity index (χ0) is 18.5. The lowest BCUT2D eigenvalue weighted by Crippen LogP contribution is -2.38. The van der Waals surface area contributed by atoms with Crippen molar-refractivity contribution in [2.45, 2.75) is 49.3 Å². The Balaban J connectivity index is 1.60. The highest BCUT2D eigenvalue weighted by Gasteiger charge is 2.27. The zero-order valence-electron chi connectivity index (χ0n) is 14.5. The summed E-state index contributed by atoms with van der Waals surface area (Å²) in [6, 6.07) is 7.42. The molecule has 0 unspecified atom stereocenters. The maximum atomic E-state index is 12.7. The highest BCUT2D eigenvalue weighted by atomic mass is 32.2. The van der Waals surface area contributed by atoms with Gasteiger partial charge in [-0.3, -0.25) is 9.59 Å². The molecule has 1 aromatic heterocycles. The van der Waals surface area contributed by atoms with E-state index in [4.69, 9.17) is 9.63 Å². The van der Waals surface area contributed by atoms with E-state index in [0.29, 0.717) is 48.7 Å². The van der Waals surface area contributed by atoms with Crippen LogP contribution in [0.3, 0.4) is 0 Å². The maximum Gasteiger partial charge on any atom is 0.306 e. The molecule has 26 heavy (non-hydrogen) atoms. The number of carboxylic acids is 1. The molecule has 0 atom stereocenters. The maximum absolute atomic E-state index is 12.7. The molecule has 0 bridgehead atoms. The second-order valence-corrected chi connectivity index (χ2v) is 7.40. The van der Waals surface area contributed by atoms with Gasteiger partial charge in [-0.2, -0.15) is 4.98 Å². The molecule has 0 radical (unpaired) electrons. The average molecular weight is 375 g/mol. The number of hydrogen-bond acceptors (Lipinski definition) is 6. The van der Waals surface area contributed by atoms with Crippen LogP contribution in [-0.2, 0) is 10.5 Å². The number of benzene rings is 1. The lowest BCUT2D eigenvalue weighted by molar-refractivity contribution is -0.142. The number of aliphatic carboxylic acids is 1. The van der Waals surface area contributed by atoms with Gasteiger partial charge in [0, 0.05) is 10.9 Å². The fourth-order valence-corrected chi connectivity index (χ4v) is 3.95. The van der Waals surface area contributed by atoms with E-state index in [0.717, 1.165) is 4.90 Å². The van der Waals surface area contributed by atoms with E-state index in [1.165, 1.54) is 11.8 Å².